The smallest absolute Gasteiger partial charge is 0.264 e. The second-order valence-electron chi connectivity index (χ2n) is 6.85. The molecule has 7 heteroatoms. The zero-order valence-electron chi connectivity index (χ0n) is 17.3. The summed E-state index contributed by atoms with van der Waals surface area (Å²) in [7, 11) is -1.04. The highest BCUT2D eigenvalue weighted by Crippen LogP contribution is 2.38. The van der Waals surface area contributed by atoms with E-state index in [1.54, 1.807) is 67.6 Å². The molecule has 0 aliphatic carbocycles. The summed E-state index contributed by atoms with van der Waals surface area (Å²) in [4.78, 5) is 0.117. The first kappa shape index (κ1) is 21.6. The first-order chi connectivity index (χ1) is 14.3. The Balaban J connectivity index is 2.21. The van der Waals surface area contributed by atoms with Crippen LogP contribution >= 0.6 is 0 Å². The van der Waals surface area contributed by atoms with Crippen LogP contribution in [-0.4, -0.2) is 22.6 Å². The molecule has 3 rings (SSSR count). The maximum absolute atomic E-state index is 14.6. The van der Waals surface area contributed by atoms with Gasteiger partial charge in [0.25, 0.3) is 10.0 Å². The van der Waals surface area contributed by atoms with Crippen molar-refractivity contribution < 1.29 is 22.3 Å². The van der Waals surface area contributed by atoms with Gasteiger partial charge in [-0.2, -0.15) is 0 Å². The maximum atomic E-state index is 14.6. The topological polar surface area (TPSA) is 55.8 Å². The van der Waals surface area contributed by atoms with Gasteiger partial charge in [-0.25, -0.2) is 12.8 Å². The fraction of sp³-hybridized carbons (Fsp3) is 0.217. The largest absolute Gasteiger partial charge is 0.493 e. The quantitative estimate of drug-likeness (QED) is 0.524. The van der Waals surface area contributed by atoms with Gasteiger partial charge in [0.15, 0.2) is 11.5 Å². The lowest BCUT2D eigenvalue weighted by molar-refractivity contribution is 0.355. The minimum absolute atomic E-state index is 0.117. The lowest BCUT2D eigenvalue weighted by Gasteiger charge is -2.31. The number of benzene rings is 3. The van der Waals surface area contributed by atoms with Crippen LogP contribution < -0.4 is 13.8 Å². The van der Waals surface area contributed by atoms with Gasteiger partial charge in [-0.15, -0.1) is 0 Å². The number of nitrogens with zero attached hydrogens (tertiary/aromatic N) is 1. The third kappa shape index (κ3) is 4.11. The van der Waals surface area contributed by atoms with Crippen molar-refractivity contribution >= 4 is 15.7 Å². The summed E-state index contributed by atoms with van der Waals surface area (Å²) in [6, 6.07) is 16.7. The van der Waals surface area contributed by atoms with Gasteiger partial charge in [0.1, 0.15) is 5.82 Å². The molecule has 158 valence electrons. The lowest BCUT2D eigenvalue weighted by Crippen LogP contribution is -2.34. The Labute approximate surface area is 176 Å². The van der Waals surface area contributed by atoms with Crippen LogP contribution in [0.25, 0.3) is 0 Å². The van der Waals surface area contributed by atoms with Gasteiger partial charge in [0.05, 0.1) is 30.8 Å². The highest BCUT2D eigenvalue weighted by Gasteiger charge is 2.32. The van der Waals surface area contributed by atoms with E-state index in [-0.39, 0.29) is 10.5 Å². The molecule has 0 fully saturated rings. The standard InChI is InChI=1S/C23H24FNO4S/c1-16-9-12-19(13-10-16)30(26,27)25(17(2)20-7-5-6-8-21(20)24)18-11-14-22(28-3)23(15-18)29-4/h5-15,17H,1-4H3. The first-order valence-electron chi connectivity index (χ1n) is 9.37. The molecule has 3 aromatic rings. The fourth-order valence-corrected chi connectivity index (χ4v) is 4.92. The predicted octanol–water partition coefficient (Wildman–Crippen LogP) is 5.11. The lowest BCUT2D eigenvalue weighted by atomic mass is 10.1. The number of hydrogen-bond donors (Lipinski definition) is 0. The first-order valence-corrected chi connectivity index (χ1v) is 10.8. The van der Waals surface area contributed by atoms with Crippen molar-refractivity contribution in [2.24, 2.45) is 0 Å². The number of rotatable bonds is 7. The number of anilines is 1. The molecular weight excluding hydrogens is 405 g/mol. The van der Waals surface area contributed by atoms with Crippen LogP contribution in [-0.2, 0) is 10.0 Å². The van der Waals surface area contributed by atoms with Crippen molar-refractivity contribution in [1.29, 1.82) is 0 Å². The molecule has 30 heavy (non-hydrogen) atoms. The van der Waals surface area contributed by atoms with Gasteiger partial charge in [0, 0.05) is 11.6 Å². The zero-order valence-corrected chi connectivity index (χ0v) is 18.1. The SMILES string of the molecule is COc1ccc(N(C(C)c2ccccc2F)S(=O)(=O)c2ccc(C)cc2)cc1OC. The van der Waals surface area contributed by atoms with Gasteiger partial charge in [-0.1, -0.05) is 35.9 Å². The van der Waals surface area contributed by atoms with E-state index in [2.05, 4.69) is 0 Å². The number of ether oxygens (including phenoxy) is 2. The molecule has 0 aliphatic heterocycles. The monoisotopic (exact) mass is 429 g/mol. The van der Waals surface area contributed by atoms with Crippen molar-refractivity contribution in [3.8, 4) is 11.5 Å². The summed E-state index contributed by atoms with van der Waals surface area (Å²) < 4.78 is 53.7. The van der Waals surface area contributed by atoms with Crippen molar-refractivity contribution in [2.45, 2.75) is 24.8 Å². The Morgan fingerprint density at radius 1 is 0.900 bits per heavy atom. The molecule has 0 spiro atoms. The number of hydrogen-bond acceptors (Lipinski definition) is 4. The van der Waals surface area contributed by atoms with E-state index in [0.717, 1.165) is 5.56 Å². The molecule has 0 aliphatic rings. The van der Waals surface area contributed by atoms with Gasteiger partial charge in [0.2, 0.25) is 0 Å². The van der Waals surface area contributed by atoms with E-state index < -0.39 is 21.9 Å². The molecule has 1 atom stereocenters. The summed E-state index contributed by atoms with van der Waals surface area (Å²) in [5.41, 5.74) is 1.54. The van der Waals surface area contributed by atoms with Gasteiger partial charge in [-0.05, 0) is 44.2 Å². The summed E-state index contributed by atoms with van der Waals surface area (Å²) in [5.74, 6) is 0.363. The molecule has 0 aromatic heterocycles. The van der Waals surface area contributed by atoms with Crippen LogP contribution in [0.1, 0.15) is 24.1 Å². The van der Waals surface area contributed by atoms with Crippen LogP contribution in [0.4, 0.5) is 10.1 Å². The highest BCUT2D eigenvalue weighted by molar-refractivity contribution is 7.92. The van der Waals surface area contributed by atoms with E-state index in [9.17, 15) is 12.8 Å². The Morgan fingerprint density at radius 3 is 2.13 bits per heavy atom. The third-order valence-corrected chi connectivity index (χ3v) is 6.82. The normalized spacial score (nSPS) is 12.3. The Bertz CT molecular complexity index is 1130. The maximum Gasteiger partial charge on any atom is 0.264 e. The molecule has 0 saturated carbocycles. The number of methoxy groups -OCH3 is 2. The van der Waals surface area contributed by atoms with Crippen molar-refractivity contribution in [3.63, 3.8) is 0 Å². The molecule has 1 unspecified atom stereocenters. The molecule has 0 amide bonds. The summed E-state index contributed by atoms with van der Waals surface area (Å²) in [5, 5.41) is 0. The third-order valence-electron chi connectivity index (χ3n) is 4.91. The molecule has 0 N–H and O–H groups in total. The van der Waals surface area contributed by atoms with Gasteiger partial charge in [-0.3, -0.25) is 4.31 Å². The number of halogens is 1. The predicted molar refractivity (Wildman–Crippen MR) is 115 cm³/mol. The second-order valence-corrected chi connectivity index (χ2v) is 8.67. The Morgan fingerprint density at radius 2 is 1.53 bits per heavy atom. The minimum Gasteiger partial charge on any atom is -0.493 e. The van der Waals surface area contributed by atoms with Crippen molar-refractivity contribution in [3.05, 3.63) is 83.7 Å². The second kappa shape index (κ2) is 8.75. The summed E-state index contributed by atoms with van der Waals surface area (Å²) in [6.07, 6.45) is 0. The van der Waals surface area contributed by atoms with Gasteiger partial charge < -0.3 is 9.47 Å². The zero-order chi connectivity index (χ0) is 21.9. The number of sulfonamides is 1. The highest BCUT2D eigenvalue weighted by atomic mass is 32.2. The van der Waals surface area contributed by atoms with Crippen LogP contribution in [0.15, 0.2) is 71.6 Å². The molecule has 0 radical (unpaired) electrons. The molecule has 0 bridgehead atoms. The Hall–Kier alpha value is -3.06. The van der Waals surface area contributed by atoms with E-state index >= 15 is 0 Å². The van der Waals surface area contributed by atoms with E-state index in [0.29, 0.717) is 17.2 Å². The van der Waals surface area contributed by atoms with Gasteiger partial charge >= 0.3 is 0 Å². The van der Waals surface area contributed by atoms with E-state index in [1.807, 2.05) is 6.92 Å². The van der Waals surface area contributed by atoms with Crippen LogP contribution in [0.5, 0.6) is 11.5 Å². The number of aryl methyl sites for hydroxylation is 1. The summed E-state index contributed by atoms with van der Waals surface area (Å²) in [6.45, 7) is 3.53. The molecule has 0 heterocycles. The molecule has 0 saturated heterocycles. The Kier molecular flexibility index (Phi) is 6.31. The molecule has 3 aromatic carbocycles. The van der Waals surface area contributed by atoms with Crippen LogP contribution in [0.2, 0.25) is 0 Å². The van der Waals surface area contributed by atoms with Crippen LogP contribution in [0.3, 0.4) is 0 Å². The minimum atomic E-state index is -4.01. The van der Waals surface area contributed by atoms with Crippen molar-refractivity contribution in [2.75, 3.05) is 18.5 Å². The molecular formula is C23H24FNO4S. The van der Waals surface area contributed by atoms with Crippen LogP contribution in [0, 0.1) is 12.7 Å². The van der Waals surface area contributed by atoms with Crippen molar-refractivity contribution in [1.82, 2.24) is 0 Å². The van der Waals surface area contributed by atoms with E-state index in [1.165, 1.54) is 24.6 Å². The summed E-state index contributed by atoms with van der Waals surface area (Å²) >= 11 is 0. The fourth-order valence-electron chi connectivity index (χ4n) is 3.30. The molecule has 5 nitrogen and oxygen atoms in total. The average molecular weight is 430 g/mol. The van der Waals surface area contributed by atoms with E-state index in [4.69, 9.17) is 9.47 Å². The average Bonchev–Trinajstić information content (AvgIpc) is 2.74.